The third-order valence-electron chi connectivity index (χ3n) is 3.56. The smallest absolute Gasteiger partial charge is 0.251 e. The monoisotopic (exact) mass is 298 g/mol. The topological polar surface area (TPSA) is 76.1 Å². The number of benzene rings is 1. The molecule has 0 fully saturated rings. The molecule has 0 atom stereocenters. The summed E-state index contributed by atoms with van der Waals surface area (Å²) in [6.07, 6.45) is 2.41. The van der Waals surface area contributed by atoms with Crippen LogP contribution in [0.4, 0.5) is 5.82 Å². The van der Waals surface area contributed by atoms with Gasteiger partial charge in [-0.2, -0.15) is 5.10 Å². The Balaban J connectivity index is 1.54. The summed E-state index contributed by atoms with van der Waals surface area (Å²) in [5.74, 6) is 0.658. The Morgan fingerprint density at radius 2 is 2.18 bits per heavy atom. The largest absolute Gasteiger partial charge is 0.376 e. The summed E-state index contributed by atoms with van der Waals surface area (Å²) in [5, 5.41) is 13.7. The van der Waals surface area contributed by atoms with E-state index in [4.69, 9.17) is 4.74 Å². The van der Waals surface area contributed by atoms with Gasteiger partial charge in [0.25, 0.3) is 5.91 Å². The van der Waals surface area contributed by atoms with Crippen molar-refractivity contribution in [3.63, 3.8) is 0 Å². The number of aromatic nitrogens is 2. The third-order valence-corrected chi connectivity index (χ3v) is 3.56. The molecule has 22 heavy (non-hydrogen) atoms. The molecule has 0 saturated heterocycles. The predicted octanol–water partition coefficient (Wildman–Crippen LogP) is 1.39. The van der Waals surface area contributed by atoms with Crippen LogP contribution in [0.1, 0.15) is 21.5 Å². The number of carbonyl (C=O) groups is 1. The Kier molecular flexibility index (Phi) is 4.60. The SMILES string of the molecule is O=C(NCCNc1cccnn1)c1cccc2c1CCOC2. The number of anilines is 1. The van der Waals surface area contributed by atoms with Crippen molar-refractivity contribution in [3.8, 4) is 0 Å². The first-order valence-corrected chi connectivity index (χ1v) is 7.33. The molecule has 1 aromatic carbocycles. The van der Waals surface area contributed by atoms with E-state index < -0.39 is 0 Å². The number of ether oxygens (including phenoxy) is 1. The van der Waals surface area contributed by atoms with Crippen LogP contribution in [0.25, 0.3) is 0 Å². The van der Waals surface area contributed by atoms with Crippen LogP contribution >= 0.6 is 0 Å². The molecule has 1 amide bonds. The number of amides is 1. The van der Waals surface area contributed by atoms with Crippen molar-refractivity contribution in [2.75, 3.05) is 25.0 Å². The Morgan fingerprint density at radius 3 is 3.05 bits per heavy atom. The number of hydrogen-bond donors (Lipinski definition) is 2. The Hall–Kier alpha value is -2.47. The highest BCUT2D eigenvalue weighted by Crippen LogP contribution is 2.20. The van der Waals surface area contributed by atoms with Gasteiger partial charge in [0.05, 0.1) is 13.2 Å². The number of carbonyl (C=O) groups excluding carboxylic acids is 1. The zero-order valence-corrected chi connectivity index (χ0v) is 12.2. The molecule has 2 aromatic rings. The molecule has 0 radical (unpaired) electrons. The number of fused-ring (bicyclic) bond motifs is 1. The highest BCUT2D eigenvalue weighted by atomic mass is 16.5. The lowest BCUT2D eigenvalue weighted by Gasteiger charge is -2.19. The van der Waals surface area contributed by atoms with E-state index in [-0.39, 0.29) is 5.91 Å². The molecule has 114 valence electrons. The first-order chi connectivity index (χ1) is 10.8. The minimum atomic E-state index is -0.0419. The Labute approximate surface area is 128 Å². The Bertz CT molecular complexity index is 646. The zero-order chi connectivity index (χ0) is 15.2. The molecule has 1 aliphatic heterocycles. The van der Waals surface area contributed by atoms with Crippen LogP contribution in [0.3, 0.4) is 0 Å². The van der Waals surface area contributed by atoms with Crippen molar-refractivity contribution < 1.29 is 9.53 Å². The van der Waals surface area contributed by atoms with Crippen molar-refractivity contribution in [1.82, 2.24) is 15.5 Å². The predicted molar refractivity (Wildman–Crippen MR) is 82.7 cm³/mol. The molecule has 6 nitrogen and oxygen atoms in total. The summed E-state index contributed by atoms with van der Waals surface area (Å²) < 4.78 is 5.42. The van der Waals surface area contributed by atoms with Crippen LogP contribution in [0.15, 0.2) is 36.5 Å². The highest BCUT2D eigenvalue weighted by molar-refractivity contribution is 5.96. The van der Waals surface area contributed by atoms with E-state index in [0.29, 0.717) is 32.1 Å². The van der Waals surface area contributed by atoms with Gasteiger partial charge in [0.15, 0.2) is 0 Å². The number of rotatable bonds is 5. The fraction of sp³-hybridized carbons (Fsp3) is 0.312. The van der Waals surface area contributed by atoms with Crippen LogP contribution < -0.4 is 10.6 Å². The molecule has 2 N–H and O–H groups in total. The molecular weight excluding hydrogens is 280 g/mol. The van der Waals surface area contributed by atoms with E-state index in [9.17, 15) is 4.79 Å². The molecule has 2 heterocycles. The average Bonchev–Trinajstić information content (AvgIpc) is 2.59. The van der Waals surface area contributed by atoms with E-state index in [0.717, 1.165) is 23.1 Å². The second kappa shape index (κ2) is 7.00. The van der Waals surface area contributed by atoms with E-state index in [1.54, 1.807) is 6.20 Å². The fourth-order valence-corrected chi connectivity index (χ4v) is 2.49. The zero-order valence-electron chi connectivity index (χ0n) is 12.2. The van der Waals surface area contributed by atoms with E-state index in [1.165, 1.54) is 0 Å². The van der Waals surface area contributed by atoms with Crippen molar-refractivity contribution >= 4 is 11.7 Å². The van der Waals surface area contributed by atoms with Gasteiger partial charge in [-0.25, -0.2) is 0 Å². The molecule has 0 unspecified atom stereocenters. The van der Waals surface area contributed by atoms with Crippen LogP contribution in [-0.2, 0) is 17.8 Å². The van der Waals surface area contributed by atoms with E-state index in [2.05, 4.69) is 20.8 Å². The normalized spacial score (nSPS) is 13.3. The summed E-state index contributed by atoms with van der Waals surface area (Å²) in [5.41, 5.74) is 2.96. The van der Waals surface area contributed by atoms with Gasteiger partial charge in [-0.05, 0) is 35.7 Å². The molecule has 0 saturated carbocycles. The second-order valence-corrected chi connectivity index (χ2v) is 5.04. The maximum atomic E-state index is 12.3. The first-order valence-electron chi connectivity index (χ1n) is 7.33. The molecule has 0 aliphatic carbocycles. The van der Waals surface area contributed by atoms with Gasteiger partial charge in [0.2, 0.25) is 0 Å². The summed E-state index contributed by atoms with van der Waals surface area (Å²) in [6.45, 7) is 2.38. The standard InChI is InChI=1S/C16H18N4O2/c21-16(18-9-8-17-15-5-2-7-19-20-15)14-4-1-3-12-11-22-10-6-13(12)14/h1-5,7H,6,8-11H2,(H,17,20)(H,18,21). The van der Waals surface area contributed by atoms with Crippen molar-refractivity contribution in [1.29, 1.82) is 0 Å². The van der Waals surface area contributed by atoms with Gasteiger partial charge in [0, 0.05) is 24.8 Å². The summed E-state index contributed by atoms with van der Waals surface area (Å²) >= 11 is 0. The van der Waals surface area contributed by atoms with Crippen molar-refractivity contribution in [2.24, 2.45) is 0 Å². The summed E-state index contributed by atoms with van der Waals surface area (Å²) in [7, 11) is 0. The number of hydrogen-bond acceptors (Lipinski definition) is 5. The van der Waals surface area contributed by atoms with Gasteiger partial charge in [0.1, 0.15) is 5.82 Å². The van der Waals surface area contributed by atoms with Crippen LogP contribution in [-0.4, -0.2) is 35.8 Å². The fourth-order valence-electron chi connectivity index (χ4n) is 2.49. The lowest BCUT2D eigenvalue weighted by atomic mass is 9.97. The van der Waals surface area contributed by atoms with Crippen molar-refractivity contribution in [3.05, 3.63) is 53.2 Å². The maximum Gasteiger partial charge on any atom is 0.251 e. The van der Waals surface area contributed by atoms with Crippen LogP contribution in [0, 0.1) is 0 Å². The Morgan fingerprint density at radius 1 is 1.23 bits per heavy atom. The number of nitrogens with zero attached hydrogens (tertiary/aromatic N) is 2. The molecule has 0 bridgehead atoms. The van der Waals surface area contributed by atoms with Crippen LogP contribution in [0.5, 0.6) is 0 Å². The third kappa shape index (κ3) is 3.40. The van der Waals surface area contributed by atoms with E-state index in [1.807, 2.05) is 30.3 Å². The molecule has 1 aromatic heterocycles. The minimum Gasteiger partial charge on any atom is -0.376 e. The van der Waals surface area contributed by atoms with Gasteiger partial charge in [-0.3, -0.25) is 4.79 Å². The second-order valence-electron chi connectivity index (χ2n) is 5.04. The van der Waals surface area contributed by atoms with Gasteiger partial charge < -0.3 is 15.4 Å². The van der Waals surface area contributed by atoms with Gasteiger partial charge in [-0.1, -0.05) is 12.1 Å². The lowest BCUT2D eigenvalue weighted by Crippen LogP contribution is -2.30. The molecule has 1 aliphatic rings. The molecule has 0 spiro atoms. The summed E-state index contributed by atoms with van der Waals surface area (Å²) in [6, 6.07) is 9.44. The van der Waals surface area contributed by atoms with Crippen molar-refractivity contribution in [2.45, 2.75) is 13.0 Å². The van der Waals surface area contributed by atoms with Gasteiger partial charge in [-0.15, -0.1) is 5.10 Å². The average molecular weight is 298 g/mol. The number of nitrogens with one attached hydrogen (secondary N) is 2. The van der Waals surface area contributed by atoms with Crippen LogP contribution in [0.2, 0.25) is 0 Å². The highest BCUT2D eigenvalue weighted by Gasteiger charge is 2.17. The molecule has 3 rings (SSSR count). The maximum absolute atomic E-state index is 12.3. The minimum absolute atomic E-state index is 0.0419. The van der Waals surface area contributed by atoms with Gasteiger partial charge >= 0.3 is 0 Å². The van der Waals surface area contributed by atoms with E-state index >= 15 is 0 Å². The lowest BCUT2D eigenvalue weighted by molar-refractivity contribution is 0.0943. The molecular formula is C16H18N4O2. The quantitative estimate of drug-likeness (QED) is 0.816. The molecule has 6 heteroatoms. The summed E-state index contributed by atoms with van der Waals surface area (Å²) in [4.78, 5) is 12.3. The first kappa shape index (κ1) is 14.5.